The maximum absolute atomic E-state index is 15.1. The van der Waals surface area contributed by atoms with Crippen molar-refractivity contribution in [2.75, 3.05) is 24.6 Å². The van der Waals surface area contributed by atoms with E-state index in [2.05, 4.69) is 5.32 Å². The normalized spacial score (nSPS) is 15.1. The van der Waals surface area contributed by atoms with Crippen molar-refractivity contribution in [2.24, 2.45) is 0 Å². The van der Waals surface area contributed by atoms with Gasteiger partial charge in [0.15, 0.2) is 6.35 Å². The van der Waals surface area contributed by atoms with Gasteiger partial charge in [-0.2, -0.15) is 0 Å². The summed E-state index contributed by atoms with van der Waals surface area (Å²) in [5.74, 6) is -1.72. The molecule has 2 aromatic carbocycles. The highest BCUT2D eigenvalue weighted by molar-refractivity contribution is 5.88. The summed E-state index contributed by atoms with van der Waals surface area (Å²) in [6.45, 7) is 3.45. The number of benzene rings is 2. The van der Waals surface area contributed by atoms with Crippen LogP contribution in [0.4, 0.5) is 15.8 Å². The molecule has 0 aliphatic carbocycles. The van der Waals surface area contributed by atoms with E-state index in [4.69, 9.17) is 4.74 Å². The van der Waals surface area contributed by atoms with Crippen LogP contribution in [0.15, 0.2) is 52.2 Å². The Hall–Kier alpha value is -4.36. The van der Waals surface area contributed by atoms with E-state index in [-0.39, 0.29) is 35.8 Å². The van der Waals surface area contributed by atoms with Crippen LogP contribution < -0.4 is 21.5 Å². The summed E-state index contributed by atoms with van der Waals surface area (Å²) >= 11 is 0. The number of carbonyl (C=O) groups excluding carboxylic acids is 1. The molecule has 37 heavy (non-hydrogen) atoms. The summed E-state index contributed by atoms with van der Waals surface area (Å²) in [4.78, 5) is 51.3. The van der Waals surface area contributed by atoms with Gasteiger partial charge >= 0.3 is 11.7 Å². The quantitative estimate of drug-likeness (QED) is 0.271. The molecule has 0 bridgehead atoms. The number of nitro benzene ring substituents is 1. The molecule has 0 spiro atoms. The van der Waals surface area contributed by atoms with Crippen molar-refractivity contribution < 1.29 is 24.0 Å². The molecule has 1 aromatic heterocycles. The van der Waals surface area contributed by atoms with E-state index in [0.29, 0.717) is 18.7 Å². The Bertz CT molecular complexity index is 1500. The van der Waals surface area contributed by atoms with Crippen molar-refractivity contribution in [3.8, 4) is 5.69 Å². The van der Waals surface area contributed by atoms with Gasteiger partial charge in [-0.1, -0.05) is 12.1 Å². The van der Waals surface area contributed by atoms with Gasteiger partial charge in [0.25, 0.3) is 11.2 Å². The minimum Gasteiger partial charge on any atom is -0.462 e. The molecule has 1 unspecified atom stereocenters. The van der Waals surface area contributed by atoms with Crippen molar-refractivity contribution in [3.05, 3.63) is 96.1 Å². The molecule has 0 saturated carbocycles. The molecule has 13 heteroatoms. The van der Waals surface area contributed by atoms with Crippen molar-refractivity contribution in [3.63, 3.8) is 0 Å². The topological polar surface area (TPSA) is 149 Å². The van der Waals surface area contributed by atoms with Crippen LogP contribution in [0.1, 0.15) is 28.4 Å². The van der Waals surface area contributed by atoms with Gasteiger partial charge < -0.3 is 14.7 Å². The number of carbonyl (C=O) groups is 1. The Morgan fingerprint density at radius 1 is 1.30 bits per heavy atom. The van der Waals surface area contributed by atoms with Crippen LogP contribution in [-0.4, -0.2) is 51.2 Å². The number of rotatable bonds is 7. The van der Waals surface area contributed by atoms with E-state index in [1.54, 1.807) is 6.92 Å². The summed E-state index contributed by atoms with van der Waals surface area (Å²) in [5, 5.41) is 24.1. The predicted octanol–water partition coefficient (Wildman–Crippen LogP) is 1.27. The second-order valence-electron chi connectivity index (χ2n) is 8.28. The average Bonchev–Trinajstić information content (AvgIpc) is 3.28. The Balaban J connectivity index is 1.87. The summed E-state index contributed by atoms with van der Waals surface area (Å²) in [6, 6.07) is 8.08. The number of aliphatic hydroxyl groups is 1. The van der Waals surface area contributed by atoms with Crippen molar-refractivity contribution in [2.45, 2.75) is 26.7 Å². The first-order chi connectivity index (χ1) is 17.6. The van der Waals surface area contributed by atoms with Gasteiger partial charge in [-0.3, -0.25) is 29.4 Å². The highest BCUT2D eigenvalue weighted by Gasteiger charge is 2.25. The molecule has 2 N–H and O–H groups in total. The lowest BCUT2D eigenvalue weighted by atomic mass is 10.1. The van der Waals surface area contributed by atoms with Gasteiger partial charge in [0.05, 0.1) is 29.4 Å². The molecule has 0 amide bonds. The Morgan fingerprint density at radius 2 is 2.05 bits per heavy atom. The molecular weight excluding hydrogens is 489 g/mol. The first kappa shape index (κ1) is 25.7. The van der Waals surface area contributed by atoms with Gasteiger partial charge in [-0.15, -0.1) is 0 Å². The number of hydrogen-bond donors (Lipinski definition) is 2. The molecular formula is C24H24FN5O7. The van der Waals surface area contributed by atoms with E-state index >= 15 is 4.39 Å². The van der Waals surface area contributed by atoms with Gasteiger partial charge in [-0.25, -0.2) is 14.0 Å². The van der Waals surface area contributed by atoms with Crippen LogP contribution in [0.25, 0.3) is 5.69 Å². The molecule has 12 nitrogen and oxygen atoms in total. The van der Waals surface area contributed by atoms with Crippen LogP contribution in [-0.2, 0) is 11.3 Å². The Morgan fingerprint density at radius 3 is 2.68 bits per heavy atom. The fourth-order valence-corrected chi connectivity index (χ4v) is 4.16. The fourth-order valence-electron chi connectivity index (χ4n) is 4.16. The molecule has 4 rings (SSSR count). The summed E-state index contributed by atoms with van der Waals surface area (Å²) < 4.78 is 21.7. The zero-order chi connectivity index (χ0) is 26.9. The minimum atomic E-state index is -1.07. The lowest BCUT2D eigenvalue weighted by molar-refractivity contribution is -0.385. The standard InChI is InChI=1S/C24H24FN5O7/c1-3-37-22(32)17-13-28(16-7-8-20(18(25)11-16)27-10-9-26-23(27)33)24(34)29(21(17)31)12-15-5-4-6-19(14(15)2)30(35)36/h4-8,11,13,23,26,33H,3,9-10,12H2,1-2H3. The number of anilines is 1. The largest absolute Gasteiger partial charge is 0.462 e. The number of nitrogens with zero attached hydrogens (tertiary/aromatic N) is 4. The molecule has 1 saturated heterocycles. The smallest absolute Gasteiger partial charge is 0.345 e. The molecule has 1 fully saturated rings. The number of esters is 1. The molecule has 2 heterocycles. The van der Waals surface area contributed by atoms with Crippen LogP contribution in [0.2, 0.25) is 0 Å². The van der Waals surface area contributed by atoms with E-state index in [1.165, 1.54) is 42.2 Å². The van der Waals surface area contributed by atoms with E-state index in [9.17, 15) is 29.6 Å². The van der Waals surface area contributed by atoms with Crippen LogP contribution in [0.3, 0.4) is 0 Å². The number of hydrogen-bond acceptors (Lipinski definition) is 9. The van der Waals surface area contributed by atoms with E-state index in [0.717, 1.165) is 21.4 Å². The highest BCUT2D eigenvalue weighted by atomic mass is 19.1. The third-order valence-corrected chi connectivity index (χ3v) is 6.10. The number of nitrogens with one attached hydrogen (secondary N) is 1. The monoisotopic (exact) mass is 513 g/mol. The third-order valence-electron chi connectivity index (χ3n) is 6.10. The van der Waals surface area contributed by atoms with Crippen molar-refractivity contribution in [1.29, 1.82) is 0 Å². The van der Waals surface area contributed by atoms with Crippen molar-refractivity contribution >= 4 is 17.3 Å². The minimum absolute atomic E-state index is 0.0166. The number of aliphatic hydroxyl groups excluding tert-OH is 1. The van der Waals surface area contributed by atoms with Gasteiger partial charge in [0, 0.05) is 37.0 Å². The molecule has 1 aliphatic rings. The number of nitro groups is 1. The zero-order valence-electron chi connectivity index (χ0n) is 20.0. The third kappa shape index (κ3) is 4.86. The Kier molecular flexibility index (Phi) is 7.18. The summed E-state index contributed by atoms with van der Waals surface area (Å²) in [7, 11) is 0. The second kappa shape index (κ2) is 10.3. The molecule has 3 aromatic rings. The fraction of sp³-hybridized carbons (Fsp3) is 0.292. The second-order valence-corrected chi connectivity index (χ2v) is 8.28. The van der Waals surface area contributed by atoms with Crippen LogP contribution in [0, 0.1) is 22.9 Å². The van der Waals surface area contributed by atoms with E-state index < -0.39 is 39.9 Å². The van der Waals surface area contributed by atoms with Crippen molar-refractivity contribution in [1.82, 2.24) is 14.5 Å². The molecule has 194 valence electrons. The lowest BCUT2D eigenvalue weighted by Crippen LogP contribution is -2.42. The predicted molar refractivity (Wildman–Crippen MR) is 131 cm³/mol. The van der Waals surface area contributed by atoms with Gasteiger partial charge in [0.1, 0.15) is 11.4 Å². The van der Waals surface area contributed by atoms with Gasteiger partial charge in [-0.05, 0) is 31.5 Å². The first-order valence-electron chi connectivity index (χ1n) is 11.4. The number of aromatic nitrogens is 2. The average molecular weight is 513 g/mol. The molecule has 1 atom stereocenters. The number of halogens is 1. The highest BCUT2D eigenvalue weighted by Crippen LogP contribution is 2.25. The van der Waals surface area contributed by atoms with Crippen LogP contribution in [0.5, 0.6) is 0 Å². The first-order valence-corrected chi connectivity index (χ1v) is 11.4. The zero-order valence-corrected chi connectivity index (χ0v) is 20.0. The van der Waals surface area contributed by atoms with Gasteiger partial charge in [0.2, 0.25) is 0 Å². The summed E-state index contributed by atoms with van der Waals surface area (Å²) in [5.41, 5.74) is -1.81. The molecule has 0 radical (unpaired) electrons. The lowest BCUT2D eigenvalue weighted by Gasteiger charge is -2.22. The van der Waals surface area contributed by atoms with E-state index in [1.807, 2.05) is 0 Å². The van der Waals surface area contributed by atoms with Crippen LogP contribution >= 0.6 is 0 Å². The summed E-state index contributed by atoms with van der Waals surface area (Å²) in [6.07, 6.45) is -0.0845. The Labute approximate surface area is 209 Å². The maximum atomic E-state index is 15.1. The molecule has 1 aliphatic heterocycles. The number of ether oxygens (including phenoxy) is 1. The SMILES string of the molecule is CCOC(=O)c1cn(-c2ccc(N3CCNC3O)c(F)c2)c(=O)n(Cc2cccc([N+](=O)[O-])c2C)c1=O. The maximum Gasteiger partial charge on any atom is 0.345 e.